The third kappa shape index (κ3) is 6.14. The number of nitriles is 1. The fourth-order valence-electron chi connectivity index (χ4n) is 10.3. The van der Waals surface area contributed by atoms with E-state index in [4.69, 9.17) is 0 Å². The van der Waals surface area contributed by atoms with E-state index in [9.17, 15) is 19.6 Å². The number of fused-ring (bicyclic) bond motifs is 3. The van der Waals surface area contributed by atoms with E-state index in [1.807, 2.05) is 44.3 Å². The number of likely N-dealkylation sites (N-methyl/N-ethyl adjacent to an activating group) is 1. The topological polar surface area (TPSA) is 129 Å². The summed E-state index contributed by atoms with van der Waals surface area (Å²) in [5.74, 6) is 0.233. The minimum absolute atomic E-state index is 0.00490. The zero-order chi connectivity index (χ0) is 40.9. The first-order chi connectivity index (χ1) is 28.4. The van der Waals surface area contributed by atoms with E-state index in [1.165, 1.54) is 11.0 Å². The van der Waals surface area contributed by atoms with Crippen molar-refractivity contribution >= 4 is 68.0 Å². The fraction of sp³-hybridized carbons (Fsp3) is 0.432. The molecule has 304 valence electrons. The number of piperidine rings is 1. The summed E-state index contributed by atoms with van der Waals surface area (Å²) in [6.07, 6.45) is 2.14. The number of nitrogens with one attached hydrogen (secondary N) is 1. The highest BCUT2D eigenvalue weighted by Crippen LogP contribution is 2.47. The van der Waals surface area contributed by atoms with Crippen LogP contribution in [0.25, 0.3) is 21.8 Å². The molecule has 59 heavy (non-hydrogen) atoms. The molecule has 5 aliphatic rings. The van der Waals surface area contributed by atoms with Gasteiger partial charge in [-0.3, -0.25) is 24.5 Å². The maximum Gasteiger partial charge on any atom is 0.329 e. The SMILES string of the molecule is Cc1cc2c(N3CCN(C)c4ccc(C#N)cc43)cc(N3CC4(CN(CC5CCN(c6cc7c(cc6F)c(N6CCC(=O)NC6=O)nn7C)CC5)C4)C3)cc2n(C)c1=O. The molecule has 7 heterocycles. The lowest BCUT2D eigenvalue weighted by atomic mass is 9.72. The van der Waals surface area contributed by atoms with Gasteiger partial charge in [0, 0.05) is 120 Å². The highest BCUT2D eigenvalue weighted by molar-refractivity contribution is 6.09. The van der Waals surface area contributed by atoms with Gasteiger partial charge in [0.1, 0.15) is 5.82 Å². The molecule has 0 bridgehead atoms. The molecular formula is C44H48FN11O3. The molecular weight excluding hydrogens is 750 g/mol. The van der Waals surface area contributed by atoms with Gasteiger partial charge in [0.2, 0.25) is 5.91 Å². The first kappa shape index (κ1) is 37.2. The summed E-state index contributed by atoms with van der Waals surface area (Å²) in [6.45, 7) is 10.3. The van der Waals surface area contributed by atoms with Gasteiger partial charge in [0.15, 0.2) is 5.82 Å². The normalized spacial score (nSPS) is 19.6. The number of halogens is 1. The summed E-state index contributed by atoms with van der Waals surface area (Å²) in [5, 5.41) is 18.2. The van der Waals surface area contributed by atoms with E-state index < -0.39 is 6.03 Å². The number of anilines is 6. The van der Waals surface area contributed by atoms with Crippen LogP contribution in [0.5, 0.6) is 0 Å². The standard InChI is InChI=1S/C44H48FN11O3/c1-27-15-31-35(50(3)42(27)58)17-30(18-37(31)55-14-13-49(2)34-6-5-29(21-46)16-39(34)55)54-25-44(26-54)23-52(24-44)22-28-7-10-53(11-8-28)38-20-36-32(19-33(38)45)41(48-51(36)4)56-12-9-40(57)47-43(56)59/h5-6,15-20,28H,7-14,22-26H2,1-4H3,(H,47,57,59). The number of urea groups is 1. The van der Waals surface area contributed by atoms with Gasteiger partial charge < -0.3 is 29.1 Å². The van der Waals surface area contributed by atoms with Crippen molar-refractivity contribution in [3.63, 3.8) is 0 Å². The molecule has 5 aromatic rings. The van der Waals surface area contributed by atoms with Gasteiger partial charge in [-0.25, -0.2) is 9.18 Å². The number of hydrogen-bond acceptors (Lipinski definition) is 10. The number of likely N-dealkylation sites (tertiary alicyclic amines) is 1. The van der Waals surface area contributed by atoms with Crippen LogP contribution in [0.15, 0.2) is 53.3 Å². The third-order valence-electron chi connectivity index (χ3n) is 13.5. The number of benzene rings is 3. The van der Waals surface area contributed by atoms with Crippen molar-refractivity contribution in [2.75, 3.05) is 97.0 Å². The van der Waals surface area contributed by atoms with Crippen LogP contribution in [0.2, 0.25) is 0 Å². The van der Waals surface area contributed by atoms with Crippen LogP contribution < -0.4 is 35.4 Å². The quantitative estimate of drug-likeness (QED) is 0.256. The van der Waals surface area contributed by atoms with Gasteiger partial charge in [-0.2, -0.15) is 10.4 Å². The summed E-state index contributed by atoms with van der Waals surface area (Å²) in [6, 6.07) is 17.4. The number of hydrogen-bond donors (Lipinski definition) is 1. The van der Waals surface area contributed by atoms with E-state index in [2.05, 4.69) is 60.2 Å². The molecule has 0 atom stereocenters. The van der Waals surface area contributed by atoms with Crippen LogP contribution in [0, 0.1) is 35.4 Å². The van der Waals surface area contributed by atoms with E-state index in [-0.39, 0.29) is 35.7 Å². The highest BCUT2D eigenvalue weighted by atomic mass is 19.1. The number of carbonyl (C=O) groups is 2. The molecule has 3 amide bonds. The van der Waals surface area contributed by atoms with Gasteiger partial charge >= 0.3 is 6.03 Å². The lowest BCUT2D eigenvalue weighted by molar-refractivity contribution is -0.120. The lowest BCUT2D eigenvalue weighted by Crippen LogP contribution is -2.72. The maximum absolute atomic E-state index is 15.7. The molecule has 0 saturated carbocycles. The summed E-state index contributed by atoms with van der Waals surface area (Å²) < 4.78 is 19.2. The highest BCUT2D eigenvalue weighted by Gasteiger charge is 2.52. The molecule has 3 aromatic carbocycles. The van der Waals surface area contributed by atoms with Gasteiger partial charge in [0.05, 0.1) is 45.4 Å². The van der Waals surface area contributed by atoms with Crippen LogP contribution in [-0.4, -0.2) is 104 Å². The lowest BCUT2D eigenvalue weighted by Gasteiger charge is -2.61. The zero-order valence-electron chi connectivity index (χ0n) is 34.0. The van der Waals surface area contributed by atoms with Crippen molar-refractivity contribution in [2.24, 2.45) is 25.4 Å². The number of aromatic nitrogens is 3. The summed E-state index contributed by atoms with van der Waals surface area (Å²) in [5.41, 5.74) is 8.03. The molecule has 4 fully saturated rings. The second kappa shape index (κ2) is 13.7. The molecule has 0 radical (unpaired) electrons. The van der Waals surface area contributed by atoms with E-state index >= 15 is 4.39 Å². The Morgan fingerprint density at radius 1 is 0.814 bits per heavy atom. The van der Waals surface area contributed by atoms with Gasteiger partial charge in [-0.15, -0.1) is 0 Å². The van der Waals surface area contributed by atoms with Crippen LogP contribution in [0.3, 0.4) is 0 Å². The van der Waals surface area contributed by atoms with E-state index in [1.54, 1.807) is 16.3 Å². The smallest absolute Gasteiger partial charge is 0.329 e. The molecule has 5 aliphatic heterocycles. The number of carbonyl (C=O) groups excluding carboxylic acids is 2. The molecule has 10 rings (SSSR count). The Balaban J connectivity index is 0.801. The summed E-state index contributed by atoms with van der Waals surface area (Å²) in [4.78, 5) is 50.5. The number of amides is 3. The second-order valence-electron chi connectivity index (χ2n) is 17.5. The van der Waals surface area contributed by atoms with E-state index in [0.717, 1.165) is 111 Å². The van der Waals surface area contributed by atoms with Crippen LogP contribution in [0.4, 0.5) is 43.4 Å². The second-order valence-corrected chi connectivity index (χ2v) is 17.5. The molecule has 15 heteroatoms. The number of imide groups is 1. The molecule has 0 unspecified atom stereocenters. The molecule has 1 spiro atoms. The van der Waals surface area contributed by atoms with Crippen LogP contribution in [-0.2, 0) is 18.9 Å². The average molecular weight is 798 g/mol. The van der Waals surface area contributed by atoms with Crippen LogP contribution in [0.1, 0.15) is 30.4 Å². The van der Waals surface area contributed by atoms with Gasteiger partial charge in [0.25, 0.3) is 5.56 Å². The van der Waals surface area contributed by atoms with Crippen molar-refractivity contribution < 1.29 is 14.0 Å². The minimum Gasteiger partial charge on any atom is -0.371 e. The largest absolute Gasteiger partial charge is 0.371 e. The number of pyridine rings is 1. The molecule has 1 N–H and O–H groups in total. The molecule has 0 aliphatic carbocycles. The van der Waals surface area contributed by atoms with Crippen molar-refractivity contribution in [3.05, 3.63) is 75.8 Å². The predicted octanol–water partition coefficient (Wildman–Crippen LogP) is 4.82. The van der Waals surface area contributed by atoms with Crippen molar-refractivity contribution in [3.8, 4) is 6.07 Å². The molecule has 4 saturated heterocycles. The molecule has 2 aromatic heterocycles. The Labute approximate surface area is 341 Å². The Bertz CT molecular complexity index is 2680. The maximum atomic E-state index is 15.7. The molecule has 14 nitrogen and oxygen atoms in total. The Morgan fingerprint density at radius 3 is 2.34 bits per heavy atom. The average Bonchev–Trinajstić information content (AvgIpc) is 3.51. The predicted molar refractivity (Wildman–Crippen MR) is 228 cm³/mol. The summed E-state index contributed by atoms with van der Waals surface area (Å²) in [7, 11) is 5.73. The van der Waals surface area contributed by atoms with Crippen LogP contribution >= 0.6 is 0 Å². The van der Waals surface area contributed by atoms with Crippen molar-refractivity contribution in [1.82, 2.24) is 24.6 Å². The monoisotopic (exact) mass is 797 g/mol. The third-order valence-corrected chi connectivity index (χ3v) is 13.5. The fourth-order valence-corrected chi connectivity index (χ4v) is 10.3. The van der Waals surface area contributed by atoms with Crippen molar-refractivity contribution in [2.45, 2.75) is 26.2 Å². The van der Waals surface area contributed by atoms with E-state index in [0.29, 0.717) is 33.9 Å². The number of nitrogens with zero attached hydrogens (tertiary/aromatic N) is 10. The first-order valence-electron chi connectivity index (χ1n) is 20.6. The number of aryl methyl sites for hydroxylation is 3. The zero-order valence-corrected chi connectivity index (χ0v) is 34.0. The first-order valence-corrected chi connectivity index (χ1v) is 20.6. The Kier molecular flexibility index (Phi) is 8.64. The van der Waals surface area contributed by atoms with Gasteiger partial charge in [-0.1, -0.05) is 0 Å². The van der Waals surface area contributed by atoms with Crippen molar-refractivity contribution in [1.29, 1.82) is 5.26 Å². The summed E-state index contributed by atoms with van der Waals surface area (Å²) >= 11 is 0. The van der Waals surface area contributed by atoms with Gasteiger partial charge in [-0.05, 0) is 74.2 Å². The Morgan fingerprint density at radius 2 is 1.59 bits per heavy atom. The number of rotatable bonds is 6. The Hall–Kier alpha value is -6.14. The minimum atomic E-state index is -0.538.